The first-order chi connectivity index (χ1) is 18.1. The van der Waals surface area contributed by atoms with Crippen LogP contribution in [0.4, 0.5) is 10.5 Å². The smallest absolute Gasteiger partial charge is 0.319 e. The molecule has 3 aliphatic heterocycles. The van der Waals surface area contributed by atoms with Gasteiger partial charge in [0, 0.05) is 56.7 Å². The van der Waals surface area contributed by atoms with Gasteiger partial charge in [-0.15, -0.1) is 0 Å². The van der Waals surface area contributed by atoms with Crippen LogP contribution in [0.1, 0.15) is 55.3 Å². The fraction of sp³-hybridized carbons (Fsp3) is 0.536. The number of aliphatic hydroxyl groups excluding tert-OH is 1. The molecule has 3 aliphatic rings. The monoisotopic (exact) mass is 511 g/mol. The van der Waals surface area contributed by atoms with E-state index < -0.39 is 12.1 Å². The Kier molecular flexibility index (Phi) is 8.39. The summed E-state index contributed by atoms with van der Waals surface area (Å²) in [7, 11) is 0. The van der Waals surface area contributed by atoms with E-state index in [2.05, 4.69) is 15.5 Å². The van der Waals surface area contributed by atoms with Crippen molar-refractivity contribution in [3.8, 4) is 0 Å². The topological polar surface area (TPSA) is 102 Å². The van der Waals surface area contributed by atoms with E-state index in [1.54, 1.807) is 0 Å². The minimum Gasteiger partial charge on any atom is -0.392 e. The van der Waals surface area contributed by atoms with Crippen molar-refractivity contribution >= 4 is 11.7 Å². The number of piperidine rings is 1. The Morgan fingerprint density at radius 2 is 1.68 bits per heavy atom. The Morgan fingerprint density at radius 3 is 2.32 bits per heavy atom. The molecule has 0 saturated carbocycles. The van der Waals surface area contributed by atoms with Gasteiger partial charge in [0.15, 0.2) is 12.1 Å². The molecule has 3 heterocycles. The zero-order chi connectivity index (χ0) is 25.7. The second kappa shape index (κ2) is 11.9. The first-order valence-electron chi connectivity index (χ1n) is 13.2. The number of anilines is 1. The minimum atomic E-state index is -0.530. The predicted octanol–water partition coefficient (Wildman–Crippen LogP) is 3.70. The van der Waals surface area contributed by atoms with Crippen LogP contribution in [0.3, 0.4) is 0 Å². The fourth-order valence-electron chi connectivity index (χ4n) is 5.24. The Hall–Kier alpha value is -2.53. The maximum absolute atomic E-state index is 11.9. The first kappa shape index (κ1) is 26.1. The number of rotatable bonds is 7. The molecule has 0 radical (unpaired) electrons. The number of urea groups is 1. The largest absolute Gasteiger partial charge is 0.392 e. The second-order valence-corrected chi connectivity index (χ2v) is 9.86. The van der Waals surface area contributed by atoms with Crippen molar-refractivity contribution in [2.24, 2.45) is 0 Å². The zero-order valence-corrected chi connectivity index (χ0v) is 21.4. The molecule has 9 heteroatoms. The molecule has 5 rings (SSSR count). The normalized spacial score (nSPS) is 25.7. The highest BCUT2D eigenvalue weighted by Crippen LogP contribution is 2.39. The molecule has 3 N–H and O–H groups in total. The maximum atomic E-state index is 11.9. The summed E-state index contributed by atoms with van der Waals surface area (Å²) in [6, 6.07) is 15.3. The summed E-state index contributed by atoms with van der Waals surface area (Å²) in [6.07, 6.45) is 1.78. The van der Waals surface area contributed by atoms with Gasteiger partial charge in [-0.1, -0.05) is 36.4 Å². The molecule has 37 heavy (non-hydrogen) atoms. The number of nitrogens with one attached hydrogen (secondary N) is 2. The molecule has 0 aliphatic carbocycles. The van der Waals surface area contributed by atoms with Crippen LogP contribution in [-0.4, -0.2) is 67.3 Å². The number of nitrogens with zero attached hydrogens (tertiary/aromatic N) is 1. The lowest BCUT2D eigenvalue weighted by Crippen LogP contribution is -2.48. The molecule has 0 bridgehead atoms. The average Bonchev–Trinajstić information content (AvgIpc) is 3.38. The van der Waals surface area contributed by atoms with E-state index in [-0.39, 0.29) is 24.8 Å². The van der Waals surface area contributed by atoms with E-state index in [9.17, 15) is 9.90 Å². The van der Waals surface area contributed by atoms with Crippen LogP contribution in [0.5, 0.6) is 0 Å². The van der Waals surface area contributed by atoms with Gasteiger partial charge in [-0.05, 0) is 30.2 Å². The highest BCUT2D eigenvalue weighted by atomic mass is 16.7. The maximum Gasteiger partial charge on any atom is 0.319 e. The van der Waals surface area contributed by atoms with E-state index in [1.807, 2.05) is 55.5 Å². The quantitative estimate of drug-likeness (QED) is 0.521. The van der Waals surface area contributed by atoms with Gasteiger partial charge in [0.25, 0.3) is 0 Å². The number of benzene rings is 2. The summed E-state index contributed by atoms with van der Waals surface area (Å²) >= 11 is 0. The third kappa shape index (κ3) is 6.49. The molecular formula is C28H37N3O6. The molecule has 2 aromatic carbocycles. The highest BCUT2D eigenvalue weighted by Gasteiger charge is 2.41. The van der Waals surface area contributed by atoms with Gasteiger partial charge in [0.1, 0.15) is 0 Å². The van der Waals surface area contributed by atoms with Crippen molar-refractivity contribution < 1.29 is 28.8 Å². The molecule has 200 valence electrons. The van der Waals surface area contributed by atoms with Crippen LogP contribution < -0.4 is 10.6 Å². The number of carbonyl (C=O) groups is 1. The summed E-state index contributed by atoms with van der Waals surface area (Å²) in [5.74, 6) is -0.392. The molecule has 1 spiro atoms. The lowest BCUT2D eigenvalue weighted by Gasteiger charge is -2.41. The molecule has 3 fully saturated rings. The molecule has 3 saturated heterocycles. The lowest BCUT2D eigenvalue weighted by molar-refractivity contribution is -0.255. The molecule has 0 aromatic heterocycles. The average molecular weight is 512 g/mol. The van der Waals surface area contributed by atoms with E-state index in [0.717, 1.165) is 55.6 Å². The molecule has 2 aromatic rings. The molecule has 2 amide bonds. The number of likely N-dealkylation sites (tertiary alicyclic amines) is 1. The summed E-state index contributed by atoms with van der Waals surface area (Å²) in [5, 5.41) is 15.0. The van der Waals surface area contributed by atoms with Crippen LogP contribution in [0, 0.1) is 0 Å². The van der Waals surface area contributed by atoms with Gasteiger partial charge in [-0.3, -0.25) is 0 Å². The van der Waals surface area contributed by atoms with Crippen molar-refractivity contribution in [1.29, 1.82) is 0 Å². The van der Waals surface area contributed by atoms with Gasteiger partial charge < -0.3 is 39.6 Å². The van der Waals surface area contributed by atoms with Gasteiger partial charge in [-0.2, -0.15) is 0 Å². The number of hydrogen-bond acceptors (Lipinski definition) is 7. The summed E-state index contributed by atoms with van der Waals surface area (Å²) in [4.78, 5) is 14.3. The number of aliphatic hydroxyl groups is 1. The van der Waals surface area contributed by atoms with Crippen LogP contribution in [0.25, 0.3) is 0 Å². The molecule has 3 unspecified atom stereocenters. The highest BCUT2D eigenvalue weighted by molar-refractivity contribution is 5.89. The van der Waals surface area contributed by atoms with Crippen LogP contribution in [0.2, 0.25) is 0 Å². The standard InChI is InChI=1S/C28H37N3O6/c1-2-29-27(33)30-23-9-7-22(8-10-23)26-36-24(17-25(37-26)21-5-3-20(19-32)4-6-21)18-31-13-11-28(12-14-31)34-15-16-35-28/h3-10,24-26,32H,2,11-19H2,1H3,(H2,29,30,33). The van der Waals surface area contributed by atoms with Gasteiger partial charge >= 0.3 is 6.03 Å². The summed E-state index contributed by atoms with van der Waals surface area (Å²) < 4.78 is 24.7. The second-order valence-electron chi connectivity index (χ2n) is 9.86. The Morgan fingerprint density at radius 1 is 1.00 bits per heavy atom. The SMILES string of the molecule is CCNC(=O)Nc1ccc(C2OC(CN3CCC4(CC3)OCCO4)CC(c3ccc(CO)cc3)O2)cc1. The van der Waals surface area contributed by atoms with Crippen molar-refractivity contribution in [2.75, 3.05) is 44.7 Å². The van der Waals surface area contributed by atoms with Crippen molar-refractivity contribution in [2.45, 2.75) is 57.1 Å². The molecular weight excluding hydrogens is 474 g/mol. The number of hydrogen-bond donors (Lipinski definition) is 3. The zero-order valence-electron chi connectivity index (χ0n) is 21.4. The summed E-state index contributed by atoms with van der Waals surface area (Å²) in [5.41, 5.74) is 3.54. The molecule has 3 atom stereocenters. The fourth-order valence-corrected chi connectivity index (χ4v) is 5.24. The van der Waals surface area contributed by atoms with E-state index in [0.29, 0.717) is 25.4 Å². The number of carbonyl (C=O) groups excluding carboxylic acids is 1. The molecule has 9 nitrogen and oxygen atoms in total. The van der Waals surface area contributed by atoms with Crippen LogP contribution in [0.15, 0.2) is 48.5 Å². The van der Waals surface area contributed by atoms with E-state index in [1.165, 1.54) is 0 Å². The van der Waals surface area contributed by atoms with Crippen molar-refractivity contribution in [3.63, 3.8) is 0 Å². The Balaban J connectivity index is 1.28. The van der Waals surface area contributed by atoms with E-state index in [4.69, 9.17) is 18.9 Å². The van der Waals surface area contributed by atoms with Gasteiger partial charge in [0.2, 0.25) is 0 Å². The summed E-state index contributed by atoms with van der Waals surface area (Å²) in [6.45, 7) is 6.43. The Labute approximate surface area is 218 Å². The third-order valence-electron chi connectivity index (χ3n) is 7.29. The number of ether oxygens (including phenoxy) is 4. The van der Waals surface area contributed by atoms with Crippen molar-refractivity contribution in [1.82, 2.24) is 10.2 Å². The minimum absolute atomic E-state index is 0.0146. The predicted molar refractivity (Wildman–Crippen MR) is 138 cm³/mol. The third-order valence-corrected chi connectivity index (χ3v) is 7.29. The van der Waals surface area contributed by atoms with Crippen molar-refractivity contribution in [3.05, 3.63) is 65.2 Å². The first-order valence-corrected chi connectivity index (χ1v) is 13.2. The van der Waals surface area contributed by atoms with Gasteiger partial charge in [0.05, 0.1) is 32.0 Å². The van der Waals surface area contributed by atoms with Crippen LogP contribution >= 0.6 is 0 Å². The van der Waals surface area contributed by atoms with Crippen LogP contribution in [-0.2, 0) is 25.6 Å². The lowest BCUT2D eigenvalue weighted by atomic mass is 9.98. The van der Waals surface area contributed by atoms with E-state index >= 15 is 0 Å². The van der Waals surface area contributed by atoms with Gasteiger partial charge in [-0.25, -0.2) is 4.79 Å². The number of amides is 2. The Bertz CT molecular complexity index is 1020.